The first-order chi connectivity index (χ1) is 5.25. The highest BCUT2D eigenvalue weighted by Crippen LogP contribution is 2.40. The predicted octanol–water partition coefficient (Wildman–Crippen LogP) is 3.41. The molecule has 0 rings (SSSR count). The first-order valence-corrected chi connectivity index (χ1v) is 7.99. The third-order valence-corrected chi connectivity index (χ3v) is 5.01. The van der Waals surface area contributed by atoms with Crippen LogP contribution in [-0.2, 0) is 0 Å². The van der Waals surface area contributed by atoms with E-state index in [1.807, 2.05) is 0 Å². The Bertz CT molecular complexity index is 141. The van der Waals surface area contributed by atoms with Crippen molar-refractivity contribution in [3.8, 4) is 0 Å². The Balaban J connectivity index is 4.25. The van der Waals surface area contributed by atoms with E-state index in [1.54, 1.807) is 0 Å². The highest BCUT2D eigenvalue weighted by molar-refractivity contribution is 7.66. The van der Waals surface area contributed by atoms with Gasteiger partial charge in [0, 0.05) is 5.44 Å². The van der Waals surface area contributed by atoms with Gasteiger partial charge in [-0.25, -0.2) is 0 Å². The molecule has 1 unspecified atom stereocenters. The van der Waals surface area contributed by atoms with Crippen LogP contribution in [0.15, 0.2) is 0 Å². The van der Waals surface area contributed by atoms with Crippen molar-refractivity contribution in [2.75, 3.05) is 0 Å². The van der Waals surface area contributed by atoms with E-state index in [9.17, 15) is 17.3 Å². The molecule has 0 nitrogen and oxygen atoms in total. The van der Waals surface area contributed by atoms with Gasteiger partial charge in [-0.15, -0.1) is 33.2 Å². The van der Waals surface area contributed by atoms with Crippen LogP contribution in [0.5, 0.6) is 0 Å². The maximum absolute atomic E-state index is 12.0. The smallest absolute Gasteiger partial charge is 0.287 e. The molecule has 12 heavy (non-hydrogen) atoms. The summed E-state index contributed by atoms with van der Waals surface area (Å²) in [7, 11) is -5.87. The van der Waals surface area contributed by atoms with Gasteiger partial charge in [0.2, 0.25) is 0 Å². The molecule has 0 aliphatic rings. The lowest BCUT2D eigenvalue weighted by Gasteiger charge is -2.17. The van der Waals surface area contributed by atoms with Crippen molar-refractivity contribution < 1.29 is 17.3 Å². The minimum atomic E-state index is -3.73. The lowest BCUT2D eigenvalue weighted by molar-refractivity contribution is 0.619. The van der Waals surface area contributed by atoms with Crippen LogP contribution in [0.4, 0.5) is 17.3 Å². The summed E-state index contributed by atoms with van der Waals surface area (Å²) in [6, 6.07) is -3.73. The Morgan fingerprint density at radius 1 is 1.08 bits per heavy atom. The molecule has 0 bridgehead atoms. The highest BCUT2D eigenvalue weighted by atomic mass is 35.8. The Morgan fingerprint density at radius 2 is 1.50 bits per heavy atom. The first kappa shape index (κ1) is 12.9. The fourth-order valence-electron chi connectivity index (χ4n) is 0.571. The summed E-state index contributed by atoms with van der Waals surface area (Å²) in [5.41, 5.74) is -1.79. The molecule has 0 N–H and O–H groups in total. The number of rotatable bonds is 4. The Kier molecular flexibility index (Phi) is 5.37. The molecule has 0 radical (unpaired) electrons. The average molecular weight is 259 g/mol. The zero-order chi connectivity index (χ0) is 9.94. The lowest BCUT2D eigenvalue weighted by Crippen LogP contribution is -2.30. The quantitative estimate of drug-likeness (QED) is 0.412. The molecule has 0 amide bonds. The Hall–Kier alpha value is 0.937. The minimum Gasteiger partial charge on any atom is -0.287 e. The highest BCUT2D eigenvalue weighted by Gasteiger charge is 2.48. The topological polar surface area (TPSA) is 0 Å². The van der Waals surface area contributed by atoms with Gasteiger partial charge in [0.1, 0.15) is 0 Å². The fraction of sp³-hybridized carbons (Fsp3) is 1.00. The molecular formula is C2H3B2Cl3F4Si. The van der Waals surface area contributed by atoms with Gasteiger partial charge in [-0.2, -0.15) is 0 Å². The maximum atomic E-state index is 12.0. The Labute approximate surface area is 83.0 Å². The zero-order valence-corrected chi connectivity index (χ0v) is 8.85. The standard InChI is InChI=1S/C2H3B2Cl3F4Si/c5-12(6,7)2(4(10)11)1-3(8)9/h2H,1H2. The third kappa shape index (κ3) is 4.84. The van der Waals surface area contributed by atoms with E-state index in [2.05, 4.69) is 0 Å². The summed E-state index contributed by atoms with van der Waals surface area (Å²) in [5.74, 6) is 0. The monoisotopic (exact) mass is 258 g/mol. The molecule has 0 aliphatic heterocycles. The predicted molar refractivity (Wildman–Crippen MR) is 47.8 cm³/mol. The molecule has 70 valence electrons. The normalized spacial score (nSPS) is 14.2. The van der Waals surface area contributed by atoms with Crippen LogP contribution in [0, 0.1) is 0 Å². The largest absolute Gasteiger partial charge is 0.541 e. The maximum Gasteiger partial charge on any atom is 0.541 e. The molecule has 1 atom stereocenters. The van der Waals surface area contributed by atoms with Crippen LogP contribution in [0.2, 0.25) is 11.8 Å². The second-order valence-electron chi connectivity index (χ2n) is 2.11. The number of halogens is 7. The van der Waals surface area contributed by atoms with Crippen LogP contribution in [0.3, 0.4) is 0 Å². The summed E-state index contributed by atoms with van der Waals surface area (Å²) < 4.78 is 47.4. The van der Waals surface area contributed by atoms with E-state index in [1.165, 1.54) is 0 Å². The molecule has 0 spiro atoms. The van der Waals surface area contributed by atoms with E-state index in [-0.39, 0.29) is 0 Å². The van der Waals surface area contributed by atoms with Crippen molar-refractivity contribution in [3.63, 3.8) is 0 Å². The van der Waals surface area contributed by atoms with Gasteiger partial charge in [-0.05, 0) is 6.32 Å². The lowest BCUT2D eigenvalue weighted by atomic mass is 9.77. The van der Waals surface area contributed by atoms with Gasteiger partial charge in [-0.1, -0.05) is 0 Å². The molecule has 0 aliphatic carbocycles. The van der Waals surface area contributed by atoms with E-state index in [0.29, 0.717) is 0 Å². The molecule has 0 aromatic heterocycles. The molecule has 10 heteroatoms. The molecule has 0 saturated heterocycles. The molecule has 0 saturated carbocycles. The third-order valence-electron chi connectivity index (χ3n) is 1.16. The van der Waals surface area contributed by atoms with Gasteiger partial charge >= 0.3 is 20.5 Å². The molecular weight excluding hydrogens is 256 g/mol. The summed E-state index contributed by atoms with van der Waals surface area (Å²) in [6.07, 6.45) is -1.06. The minimum absolute atomic E-state index is 1.06. The van der Waals surface area contributed by atoms with Crippen molar-refractivity contribution in [3.05, 3.63) is 0 Å². The van der Waals surface area contributed by atoms with Crippen LogP contribution in [0.1, 0.15) is 0 Å². The van der Waals surface area contributed by atoms with Crippen molar-refractivity contribution in [1.82, 2.24) is 0 Å². The van der Waals surface area contributed by atoms with Crippen LogP contribution in [0.25, 0.3) is 0 Å². The van der Waals surface area contributed by atoms with Crippen molar-refractivity contribution >= 4 is 53.8 Å². The van der Waals surface area contributed by atoms with Gasteiger partial charge in [0.05, 0.1) is 0 Å². The Morgan fingerprint density at radius 3 is 1.58 bits per heavy atom. The summed E-state index contributed by atoms with van der Waals surface area (Å²) in [6.45, 7) is 0. The van der Waals surface area contributed by atoms with Crippen molar-refractivity contribution in [2.24, 2.45) is 0 Å². The fourth-order valence-corrected chi connectivity index (χ4v) is 2.96. The van der Waals surface area contributed by atoms with Crippen molar-refractivity contribution in [1.29, 1.82) is 0 Å². The van der Waals surface area contributed by atoms with Gasteiger partial charge in [-0.3, -0.25) is 17.3 Å². The first-order valence-electron chi connectivity index (χ1n) is 2.88. The van der Waals surface area contributed by atoms with Gasteiger partial charge < -0.3 is 0 Å². The van der Waals surface area contributed by atoms with Gasteiger partial charge in [0.15, 0.2) is 0 Å². The van der Waals surface area contributed by atoms with Crippen LogP contribution in [-0.4, -0.2) is 20.5 Å². The summed E-state index contributed by atoms with van der Waals surface area (Å²) in [4.78, 5) is 0. The SMILES string of the molecule is FB(F)CC(B(F)F)[Si](Cl)(Cl)Cl. The number of hydrogen-bond acceptors (Lipinski definition) is 0. The molecule has 0 heterocycles. The van der Waals surface area contributed by atoms with E-state index in [4.69, 9.17) is 33.2 Å². The van der Waals surface area contributed by atoms with E-state index < -0.39 is 32.3 Å². The number of hydrogen-bond donors (Lipinski definition) is 0. The molecule has 0 aromatic carbocycles. The van der Waals surface area contributed by atoms with Gasteiger partial charge in [0.25, 0.3) is 0 Å². The van der Waals surface area contributed by atoms with E-state index in [0.717, 1.165) is 0 Å². The molecule has 0 aromatic rings. The van der Waals surface area contributed by atoms with E-state index >= 15 is 0 Å². The molecule has 0 fully saturated rings. The second kappa shape index (κ2) is 4.98. The summed E-state index contributed by atoms with van der Waals surface area (Å²) in [5, 5.41) is 0. The van der Waals surface area contributed by atoms with Crippen LogP contribution >= 0.6 is 33.2 Å². The average Bonchev–Trinajstić information content (AvgIpc) is 1.79. The van der Waals surface area contributed by atoms with Crippen LogP contribution < -0.4 is 0 Å². The zero-order valence-electron chi connectivity index (χ0n) is 5.58. The second-order valence-corrected chi connectivity index (χ2v) is 11.0. The summed E-state index contributed by atoms with van der Waals surface area (Å²) >= 11 is 15.6. The van der Waals surface area contributed by atoms with Crippen molar-refractivity contribution in [2.45, 2.75) is 11.8 Å².